The fraction of sp³-hybridized carbons (Fsp3) is 0.769. The van der Waals surface area contributed by atoms with Crippen LogP contribution in [0.2, 0.25) is 0 Å². The van der Waals surface area contributed by atoms with Gasteiger partial charge >= 0.3 is 6.03 Å². The van der Waals surface area contributed by atoms with E-state index in [-0.39, 0.29) is 24.8 Å². The zero-order valence-corrected chi connectivity index (χ0v) is 12.6. The van der Waals surface area contributed by atoms with Gasteiger partial charge in [-0.25, -0.2) is 4.79 Å². The van der Waals surface area contributed by atoms with Crippen LogP contribution in [0, 0.1) is 0 Å². The molecule has 0 saturated carbocycles. The summed E-state index contributed by atoms with van der Waals surface area (Å²) in [5.74, 6) is -0.388. The number of imide groups is 1. The Hall–Kier alpha value is -1.63. The first-order chi connectivity index (χ1) is 9.03. The molecule has 0 unspecified atom stereocenters. The summed E-state index contributed by atoms with van der Waals surface area (Å²) in [5, 5.41) is 5.32. The second-order valence-corrected chi connectivity index (χ2v) is 6.38. The van der Waals surface area contributed by atoms with Gasteiger partial charge in [-0.2, -0.15) is 0 Å². The molecule has 4 amide bonds. The molecule has 4 N–H and O–H groups in total. The van der Waals surface area contributed by atoms with E-state index in [1.54, 1.807) is 13.8 Å². The maximum atomic E-state index is 11.9. The molecular weight excluding hydrogens is 260 g/mol. The topological polar surface area (TPSA) is 105 Å². The number of urea groups is 1. The van der Waals surface area contributed by atoms with Gasteiger partial charge in [0, 0.05) is 25.0 Å². The highest BCUT2D eigenvalue weighted by molar-refractivity contribution is 6.06. The van der Waals surface area contributed by atoms with Crippen molar-refractivity contribution in [1.29, 1.82) is 0 Å². The summed E-state index contributed by atoms with van der Waals surface area (Å²) in [6, 6.07) is -0.400. The highest BCUT2D eigenvalue weighted by atomic mass is 16.2. The number of carbonyl (C=O) groups excluding carboxylic acids is 3. The van der Waals surface area contributed by atoms with Crippen LogP contribution >= 0.6 is 0 Å². The quantitative estimate of drug-likeness (QED) is 0.595. The van der Waals surface area contributed by atoms with Crippen LogP contribution in [0.5, 0.6) is 0 Å². The predicted molar refractivity (Wildman–Crippen MR) is 74.8 cm³/mol. The zero-order chi connectivity index (χ0) is 15.6. The van der Waals surface area contributed by atoms with Crippen LogP contribution in [0.4, 0.5) is 4.79 Å². The highest BCUT2D eigenvalue weighted by Crippen LogP contribution is 2.16. The van der Waals surface area contributed by atoms with Gasteiger partial charge in [-0.05, 0) is 34.1 Å². The van der Waals surface area contributed by atoms with Crippen LogP contribution in [0.15, 0.2) is 0 Å². The molecule has 1 saturated heterocycles. The second kappa shape index (κ2) is 5.78. The van der Waals surface area contributed by atoms with Gasteiger partial charge in [-0.15, -0.1) is 0 Å². The van der Waals surface area contributed by atoms with E-state index < -0.39 is 17.1 Å². The minimum atomic E-state index is -0.858. The summed E-state index contributed by atoms with van der Waals surface area (Å²) in [6.45, 7) is 7.59. The molecule has 0 atom stereocenters. The number of rotatable bonds is 6. The lowest BCUT2D eigenvalue weighted by Crippen LogP contribution is -2.45. The average Bonchev–Trinajstić information content (AvgIpc) is 2.47. The van der Waals surface area contributed by atoms with Crippen LogP contribution in [0.3, 0.4) is 0 Å². The minimum Gasteiger partial charge on any atom is -0.354 e. The van der Waals surface area contributed by atoms with E-state index in [1.165, 1.54) is 0 Å². The minimum absolute atomic E-state index is 0.130. The Morgan fingerprint density at radius 2 is 2.00 bits per heavy atom. The molecule has 0 aromatic carbocycles. The molecule has 0 aliphatic carbocycles. The van der Waals surface area contributed by atoms with E-state index >= 15 is 0 Å². The van der Waals surface area contributed by atoms with Gasteiger partial charge in [0.25, 0.3) is 5.91 Å². The van der Waals surface area contributed by atoms with Gasteiger partial charge in [0.05, 0.1) is 0 Å². The number of amides is 4. The van der Waals surface area contributed by atoms with Crippen molar-refractivity contribution < 1.29 is 14.4 Å². The molecule has 7 nitrogen and oxygen atoms in total. The lowest BCUT2D eigenvalue weighted by atomic mass is 10.1. The molecule has 0 radical (unpaired) electrons. The molecule has 0 spiro atoms. The number of nitrogens with two attached hydrogens (primary N) is 1. The summed E-state index contributed by atoms with van der Waals surface area (Å²) in [7, 11) is 0. The highest BCUT2D eigenvalue weighted by Gasteiger charge is 2.43. The van der Waals surface area contributed by atoms with Gasteiger partial charge in [-0.1, -0.05) is 0 Å². The molecule has 1 fully saturated rings. The van der Waals surface area contributed by atoms with Crippen molar-refractivity contribution in [2.24, 2.45) is 5.73 Å². The number of nitrogens with one attached hydrogen (secondary N) is 2. The lowest BCUT2D eigenvalue weighted by molar-refractivity contribution is -0.130. The first kappa shape index (κ1) is 16.4. The van der Waals surface area contributed by atoms with E-state index in [1.807, 2.05) is 13.8 Å². The van der Waals surface area contributed by atoms with Crippen LogP contribution in [0.1, 0.15) is 40.5 Å². The molecule has 7 heteroatoms. The Morgan fingerprint density at radius 3 is 2.45 bits per heavy atom. The third-order valence-electron chi connectivity index (χ3n) is 2.97. The van der Waals surface area contributed by atoms with Crippen LogP contribution in [-0.4, -0.2) is 46.9 Å². The normalized spacial score (nSPS) is 18.1. The third kappa shape index (κ3) is 4.48. The average molecular weight is 284 g/mol. The molecule has 1 heterocycles. The summed E-state index contributed by atoms with van der Waals surface area (Å²) in [6.07, 6.45) is 0.694. The fourth-order valence-electron chi connectivity index (χ4n) is 1.83. The van der Waals surface area contributed by atoms with E-state index in [2.05, 4.69) is 10.6 Å². The molecule has 20 heavy (non-hydrogen) atoms. The Bertz CT molecular complexity index is 412. The fourth-order valence-corrected chi connectivity index (χ4v) is 1.83. The number of nitrogens with zero attached hydrogens (tertiary/aromatic N) is 1. The van der Waals surface area contributed by atoms with Crippen molar-refractivity contribution >= 4 is 17.8 Å². The number of hydrogen-bond acceptors (Lipinski definition) is 4. The zero-order valence-electron chi connectivity index (χ0n) is 12.6. The Morgan fingerprint density at radius 1 is 1.40 bits per heavy atom. The van der Waals surface area contributed by atoms with Crippen molar-refractivity contribution in [2.45, 2.75) is 51.6 Å². The van der Waals surface area contributed by atoms with Crippen LogP contribution in [0.25, 0.3) is 0 Å². The van der Waals surface area contributed by atoms with Crippen LogP contribution in [-0.2, 0) is 9.59 Å². The monoisotopic (exact) mass is 284 g/mol. The summed E-state index contributed by atoms with van der Waals surface area (Å²) < 4.78 is 0. The number of carbonyl (C=O) groups is 3. The van der Waals surface area contributed by atoms with Gasteiger partial charge < -0.3 is 16.4 Å². The van der Waals surface area contributed by atoms with Crippen molar-refractivity contribution in [3.63, 3.8) is 0 Å². The summed E-state index contributed by atoms with van der Waals surface area (Å²) >= 11 is 0. The lowest BCUT2D eigenvalue weighted by Gasteiger charge is -2.19. The van der Waals surface area contributed by atoms with Crippen molar-refractivity contribution in [3.8, 4) is 0 Å². The smallest absolute Gasteiger partial charge is 0.325 e. The molecule has 1 rings (SSSR count). The Balaban J connectivity index is 2.33. The predicted octanol–water partition coefficient (Wildman–Crippen LogP) is -0.0495. The van der Waals surface area contributed by atoms with Crippen molar-refractivity contribution in [3.05, 3.63) is 0 Å². The SMILES string of the molecule is CC(C)(N)CNC(=O)CCCN1C(=O)NC(C)(C)C1=O. The van der Waals surface area contributed by atoms with Gasteiger partial charge in [-0.3, -0.25) is 14.5 Å². The molecular formula is C13H24N4O3. The Kier molecular flexibility index (Phi) is 4.75. The molecule has 1 aliphatic rings. The third-order valence-corrected chi connectivity index (χ3v) is 2.97. The van der Waals surface area contributed by atoms with Crippen molar-refractivity contribution in [1.82, 2.24) is 15.5 Å². The Labute approximate surface area is 119 Å². The second-order valence-electron chi connectivity index (χ2n) is 6.38. The van der Waals surface area contributed by atoms with E-state index in [0.717, 1.165) is 4.90 Å². The molecule has 1 aliphatic heterocycles. The van der Waals surface area contributed by atoms with E-state index in [9.17, 15) is 14.4 Å². The van der Waals surface area contributed by atoms with E-state index in [4.69, 9.17) is 5.73 Å². The first-order valence-electron chi connectivity index (χ1n) is 6.73. The maximum Gasteiger partial charge on any atom is 0.325 e. The molecule has 0 aromatic heterocycles. The largest absolute Gasteiger partial charge is 0.354 e. The summed E-state index contributed by atoms with van der Waals surface area (Å²) in [5.41, 5.74) is 4.45. The van der Waals surface area contributed by atoms with Gasteiger partial charge in [0.2, 0.25) is 5.91 Å². The maximum absolute atomic E-state index is 11.9. The van der Waals surface area contributed by atoms with Crippen molar-refractivity contribution in [2.75, 3.05) is 13.1 Å². The molecule has 0 bridgehead atoms. The molecule has 114 valence electrons. The van der Waals surface area contributed by atoms with Gasteiger partial charge in [0.15, 0.2) is 0 Å². The first-order valence-corrected chi connectivity index (χ1v) is 6.73. The summed E-state index contributed by atoms with van der Waals surface area (Å²) in [4.78, 5) is 36.2. The van der Waals surface area contributed by atoms with Crippen LogP contribution < -0.4 is 16.4 Å². The molecule has 0 aromatic rings. The van der Waals surface area contributed by atoms with E-state index in [0.29, 0.717) is 13.0 Å². The number of hydrogen-bond donors (Lipinski definition) is 3. The standard InChI is InChI=1S/C13H24N4O3/c1-12(2,14)8-15-9(18)6-5-7-17-10(19)13(3,4)16-11(17)20/h5-8,14H2,1-4H3,(H,15,18)(H,16,20). The van der Waals surface area contributed by atoms with Gasteiger partial charge in [0.1, 0.15) is 5.54 Å².